The van der Waals surface area contributed by atoms with Crippen molar-refractivity contribution in [1.29, 1.82) is 0 Å². The normalized spacial score (nSPS) is 20.8. The summed E-state index contributed by atoms with van der Waals surface area (Å²) in [4.78, 5) is 40.3. The minimum atomic E-state index is -0.485. The lowest BCUT2D eigenvalue weighted by atomic mass is 10.1. The van der Waals surface area contributed by atoms with E-state index >= 15 is 0 Å². The summed E-state index contributed by atoms with van der Waals surface area (Å²) >= 11 is 0. The Morgan fingerprint density at radius 3 is 2.72 bits per heavy atom. The van der Waals surface area contributed by atoms with Crippen LogP contribution in [0.15, 0.2) is 30.3 Å². The predicted octanol–water partition coefficient (Wildman–Crippen LogP) is 0.519. The van der Waals surface area contributed by atoms with Crippen molar-refractivity contribution in [1.82, 2.24) is 20.0 Å². The third kappa shape index (κ3) is 4.57. The highest BCUT2D eigenvalue weighted by molar-refractivity contribution is 6.03. The van der Waals surface area contributed by atoms with Gasteiger partial charge >= 0.3 is 6.03 Å². The van der Waals surface area contributed by atoms with E-state index in [-0.39, 0.29) is 24.9 Å². The Kier molecular flexibility index (Phi) is 5.33. The number of nitrogens with zero attached hydrogens (tertiary/aromatic N) is 3. The minimum Gasteiger partial charge on any atom is -0.344 e. The number of nitrogens with one attached hydrogen (secondary N) is 1. The van der Waals surface area contributed by atoms with E-state index in [0.717, 1.165) is 26.1 Å². The first-order valence-electron chi connectivity index (χ1n) is 8.60. The van der Waals surface area contributed by atoms with Crippen LogP contribution in [0.4, 0.5) is 4.79 Å². The van der Waals surface area contributed by atoms with Crippen LogP contribution < -0.4 is 5.32 Å². The molecule has 1 unspecified atom stereocenters. The Labute approximate surface area is 147 Å². The SMILES string of the molecule is CN(CC1CCN(Cc2ccccc2)C1)C(=O)CN1CC(=O)NC1=O. The fraction of sp³-hybridized carbons (Fsp3) is 0.500. The van der Waals surface area contributed by atoms with Gasteiger partial charge in [-0.1, -0.05) is 30.3 Å². The van der Waals surface area contributed by atoms with E-state index in [1.165, 1.54) is 10.5 Å². The number of urea groups is 1. The Hall–Kier alpha value is -2.41. The van der Waals surface area contributed by atoms with Crippen LogP contribution in [0.2, 0.25) is 0 Å². The standard InChI is InChI=1S/C18H24N4O3/c1-20(17(24)13-22-12-16(23)19-18(22)25)9-15-7-8-21(11-15)10-14-5-3-2-4-6-14/h2-6,15H,7-13H2,1H3,(H,19,23,25). The van der Waals surface area contributed by atoms with Crippen molar-refractivity contribution in [2.75, 3.05) is 39.8 Å². The van der Waals surface area contributed by atoms with Gasteiger partial charge in [0.2, 0.25) is 11.8 Å². The average Bonchev–Trinajstić information content (AvgIpc) is 3.14. The molecular formula is C18H24N4O3. The van der Waals surface area contributed by atoms with Crippen LogP contribution >= 0.6 is 0 Å². The zero-order valence-corrected chi connectivity index (χ0v) is 14.5. The van der Waals surface area contributed by atoms with Crippen molar-refractivity contribution in [2.45, 2.75) is 13.0 Å². The molecule has 1 N–H and O–H groups in total. The fourth-order valence-corrected chi connectivity index (χ4v) is 3.43. The van der Waals surface area contributed by atoms with Gasteiger partial charge in [0.1, 0.15) is 13.1 Å². The number of benzene rings is 1. The third-order valence-corrected chi connectivity index (χ3v) is 4.77. The van der Waals surface area contributed by atoms with Gasteiger partial charge in [-0.05, 0) is 24.4 Å². The lowest BCUT2D eigenvalue weighted by Gasteiger charge is -2.23. The zero-order valence-electron chi connectivity index (χ0n) is 14.5. The summed E-state index contributed by atoms with van der Waals surface area (Å²) in [7, 11) is 1.76. The summed E-state index contributed by atoms with van der Waals surface area (Å²) in [5, 5.41) is 2.18. The van der Waals surface area contributed by atoms with Crippen LogP contribution in [0.1, 0.15) is 12.0 Å². The van der Waals surface area contributed by atoms with E-state index in [0.29, 0.717) is 12.5 Å². The second-order valence-electron chi connectivity index (χ2n) is 6.86. The third-order valence-electron chi connectivity index (χ3n) is 4.77. The molecule has 2 aliphatic rings. The molecule has 0 radical (unpaired) electrons. The number of carbonyl (C=O) groups excluding carboxylic acids is 3. The molecular weight excluding hydrogens is 320 g/mol. The lowest BCUT2D eigenvalue weighted by Crippen LogP contribution is -2.41. The molecule has 1 aromatic rings. The molecule has 3 rings (SSSR count). The van der Waals surface area contributed by atoms with E-state index < -0.39 is 6.03 Å². The Morgan fingerprint density at radius 2 is 2.04 bits per heavy atom. The van der Waals surface area contributed by atoms with Crippen molar-refractivity contribution in [3.8, 4) is 0 Å². The second-order valence-corrected chi connectivity index (χ2v) is 6.86. The maximum Gasteiger partial charge on any atom is 0.325 e. The number of amides is 4. The van der Waals surface area contributed by atoms with Gasteiger partial charge in [-0.25, -0.2) is 4.79 Å². The van der Waals surface area contributed by atoms with Crippen LogP contribution in [0.25, 0.3) is 0 Å². The van der Waals surface area contributed by atoms with E-state index in [1.54, 1.807) is 11.9 Å². The molecule has 7 heteroatoms. The van der Waals surface area contributed by atoms with Crippen molar-refractivity contribution >= 4 is 17.8 Å². The smallest absolute Gasteiger partial charge is 0.325 e. The molecule has 4 amide bonds. The second kappa shape index (κ2) is 7.65. The summed E-state index contributed by atoms with van der Waals surface area (Å²) in [6.45, 7) is 3.53. The van der Waals surface area contributed by atoms with Gasteiger partial charge < -0.3 is 9.80 Å². The topological polar surface area (TPSA) is 73.0 Å². The number of hydrogen-bond donors (Lipinski definition) is 1. The van der Waals surface area contributed by atoms with Crippen LogP contribution in [0.5, 0.6) is 0 Å². The van der Waals surface area contributed by atoms with Gasteiger partial charge in [0.15, 0.2) is 0 Å². The molecule has 1 atom stereocenters. The van der Waals surface area contributed by atoms with Gasteiger partial charge in [-0.15, -0.1) is 0 Å². The highest BCUT2D eigenvalue weighted by atomic mass is 16.2. The molecule has 2 fully saturated rings. The van der Waals surface area contributed by atoms with Crippen molar-refractivity contribution in [2.24, 2.45) is 5.92 Å². The first-order valence-corrected chi connectivity index (χ1v) is 8.60. The van der Waals surface area contributed by atoms with E-state index in [4.69, 9.17) is 0 Å². The first-order chi connectivity index (χ1) is 12.0. The van der Waals surface area contributed by atoms with E-state index in [2.05, 4.69) is 34.5 Å². The summed E-state index contributed by atoms with van der Waals surface area (Å²) in [5.74, 6) is -0.0501. The van der Waals surface area contributed by atoms with Crippen LogP contribution in [0, 0.1) is 5.92 Å². The summed E-state index contributed by atoms with van der Waals surface area (Å²) in [6.07, 6.45) is 1.06. The maximum absolute atomic E-state index is 12.3. The van der Waals surface area contributed by atoms with Crippen LogP contribution in [-0.4, -0.2) is 72.3 Å². The van der Waals surface area contributed by atoms with Crippen molar-refractivity contribution < 1.29 is 14.4 Å². The van der Waals surface area contributed by atoms with Crippen LogP contribution in [0.3, 0.4) is 0 Å². The molecule has 7 nitrogen and oxygen atoms in total. The molecule has 25 heavy (non-hydrogen) atoms. The number of likely N-dealkylation sites (N-methyl/N-ethyl adjacent to an activating group) is 1. The Bertz CT molecular complexity index is 649. The molecule has 0 saturated carbocycles. The largest absolute Gasteiger partial charge is 0.344 e. The van der Waals surface area contributed by atoms with Gasteiger partial charge in [0, 0.05) is 26.7 Å². The number of likely N-dealkylation sites (tertiary alicyclic amines) is 1. The quantitative estimate of drug-likeness (QED) is 0.764. The molecule has 0 aromatic heterocycles. The molecule has 2 heterocycles. The molecule has 0 bridgehead atoms. The Morgan fingerprint density at radius 1 is 1.28 bits per heavy atom. The minimum absolute atomic E-state index is 0.0350. The lowest BCUT2D eigenvalue weighted by molar-refractivity contribution is -0.131. The summed E-state index contributed by atoms with van der Waals surface area (Å²) < 4.78 is 0. The zero-order chi connectivity index (χ0) is 17.8. The van der Waals surface area contributed by atoms with Gasteiger partial charge in [0.25, 0.3) is 0 Å². The molecule has 1 aromatic carbocycles. The molecule has 2 aliphatic heterocycles. The predicted molar refractivity (Wildman–Crippen MR) is 92.6 cm³/mol. The summed E-state index contributed by atoms with van der Waals surface area (Å²) in [5.41, 5.74) is 1.30. The number of imide groups is 1. The molecule has 0 spiro atoms. The van der Waals surface area contributed by atoms with Crippen molar-refractivity contribution in [3.05, 3.63) is 35.9 Å². The van der Waals surface area contributed by atoms with Crippen molar-refractivity contribution in [3.63, 3.8) is 0 Å². The number of hydrogen-bond acceptors (Lipinski definition) is 4. The highest BCUT2D eigenvalue weighted by Crippen LogP contribution is 2.19. The number of carbonyl (C=O) groups is 3. The van der Waals surface area contributed by atoms with Gasteiger partial charge in [-0.2, -0.15) is 0 Å². The van der Waals surface area contributed by atoms with Gasteiger partial charge in [-0.3, -0.25) is 19.8 Å². The molecule has 2 saturated heterocycles. The van der Waals surface area contributed by atoms with Gasteiger partial charge in [0.05, 0.1) is 0 Å². The Balaban J connectivity index is 1.44. The fourth-order valence-electron chi connectivity index (χ4n) is 3.43. The number of rotatable bonds is 6. The summed E-state index contributed by atoms with van der Waals surface area (Å²) in [6, 6.07) is 9.90. The average molecular weight is 344 g/mol. The maximum atomic E-state index is 12.3. The van der Waals surface area contributed by atoms with E-state index in [1.807, 2.05) is 6.07 Å². The molecule has 134 valence electrons. The molecule has 0 aliphatic carbocycles. The highest BCUT2D eigenvalue weighted by Gasteiger charge is 2.30. The first kappa shape index (κ1) is 17.4. The van der Waals surface area contributed by atoms with E-state index in [9.17, 15) is 14.4 Å². The van der Waals surface area contributed by atoms with Crippen LogP contribution in [-0.2, 0) is 16.1 Å². The monoisotopic (exact) mass is 344 g/mol.